The minimum absolute atomic E-state index is 0.712. The predicted octanol–water partition coefficient (Wildman–Crippen LogP) is 7.94. The normalized spacial score (nSPS) is 18.7. The maximum Gasteiger partial charge on any atom is 0.0258 e. The van der Waals surface area contributed by atoms with Crippen LogP contribution >= 0.6 is 0 Å². The van der Waals surface area contributed by atoms with Gasteiger partial charge in [-0.15, -0.1) is 5.73 Å². The molecule has 1 heteroatoms. The number of hydrogen-bond donors (Lipinski definition) is 1. The molecule has 1 N–H and O–H groups in total. The van der Waals surface area contributed by atoms with Gasteiger partial charge in [-0.25, -0.2) is 0 Å². The van der Waals surface area contributed by atoms with Crippen LogP contribution in [0.5, 0.6) is 0 Å². The van der Waals surface area contributed by atoms with Crippen molar-refractivity contribution in [3.05, 3.63) is 29.7 Å². The zero-order chi connectivity index (χ0) is 18.8. The van der Waals surface area contributed by atoms with E-state index in [0.717, 1.165) is 12.3 Å². The third kappa shape index (κ3) is 15.1. The highest BCUT2D eigenvalue weighted by atomic mass is 14.9. The van der Waals surface area contributed by atoms with E-state index < -0.39 is 0 Å². The number of nitrogens with one attached hydrogen (secondary N) is 1. The maximum absolute atomic E-state index is 3.64. The van der Waals surface area contributed by atoms with Gasteiger partial charge in [0.2, 0.25) is 0 Å². The molecule has 1 nitrogen and oxygen atoms in total. The van der Waals surface area contributed by atoms with Crippen LogP contribution in [0.1, 0.15) is 112 Å². The summed E-state index contributed by atoms with van der Waals surface area (Å²) in [6, 6.07) is 0.712. The summed E-state index contributed by atoms with van der Waals surface area (Å²) in [7, 11) is 0. The SMILES string of the molecule is CC1CCCCC1.CC=C=CC/C(=C\C)NC1CCCCC1.CCC. The molecule has 0 saturated heterocycles. The molecule has 2 rings (SSSR count). The highest BCUT2D eigenvalue weighted by Gasteiger charge is 2.12. The molecule has 2 saturated carbocycles. The first-order chi connectivity index (χ1) is 12.2. The van der Waals surface area contributed by atoms with E-state index in [4.69, 9.17) is 0 Å². The molecule has 0 heterocycles. The lowest BCUT2D eigenvalue weighted by Gasteiger charge is -2.24. The Hall–Kier alpha value is -0.940. The van der Waals surface area contributed by atoms with Crippen LogP contribution in [0.15, 0.2) is 29.7 Å². The van der Waals surface area contributed by atoms with E-state index >= 15 is 0 Å². The van der Waals surface area contributed by atoms with Gasteiger partial charge in [0, 0.05) is 18.2 Å². The molecule has 0 amide bonds. The lowest BCUT2D eigenvalue weighted by atomic mass is 9.91. The fraction of sp³-hybridized carbons (Fsp3) is 0.792. The molecule has 0 aliphatic heterocycles. The van der Waals surface area contributed by atoms with Crippen molar-refractivity contribution in [3.63, 3.8) is 0 Å². The van der Waals surface area contributed by atoms with E-state index in [1.165, 1.54) is 76.3 Å². The van der Waals surface area contributed by atoms with Gasteiger partial charge >= 0.3 is 0 Å². The molecule has 0 spiro atoms. The van der Waals surface area contributed by atoms with Crippen molar-refractivity contribution >= 4 is 0 Å². The zero-order valence-corrected chi connectivity index (χ0v) is 17.9. The Kier molecular flexibility index (Phi) is 17.2. The Morgan fingerprint density at radius 3 is 1.84 bits per heavy atom. The molecule has 0 aromatic heterocycles. The second-order valence-corrected chi connectivity index (χ2v) is 7.61. The average molecular weight is 348 g/mol. The monoisotopic (exact) mass is 347 g/mol. The van der Waals surface area contributed by atoms with E-state index in [0.29, 0.717) is 6.04 Å². The average Bonchev–Trinajstić information content (AvgIpc) is 2.64. The lowest BCUT2D eigenvalue weighted by Crippen LogP contribution is -2.30. The highest BCUT2D eigenvalue weighted by Crippen LogP contribution is 2.22. The Labute approximate surface area is 159 Å². The number of hydrogen-bond acceptors (Lipinski definition) is 1. The highest BCUT2D eigenvalue weighted by molar-refractivity contribution is 5.05. The topological polar surface area (TPSA) is 12.0 Å². The van der Waals surface area contributed by atoms with Crippen LogP contribution in [0.25, 0.3) is 0 Å². The first kappa shape index (κ1) is 24.1. The molecule has 0 atom stereocenters. The van der Waals surface area contributed by atoms with Gasteiger partial charge in [0.1, 0.15) is 0 Å². The Bertz CT molecular complexity index is 362. The van der Waals surface area contributed by atoms with Gasteiger partial charge < -0.3 is 5.32 Å². The second kappa shape index (κ2) is 17.9. The van der Waals surface area contributed by atoms with E-state index in [-0.39, 0.29) is 0 Å². The van der Waals surface area contributed by atoms with E-state index in [9.17, 15) is 0 Å². The molecule has 146 valence electrons. The molecular weight excluding hydrogens is 302 g/mol. The van der Waals surface area contributed by atoms with Gasteiger partial charge in [-0.05, 0) is 44.8 Å². The summed E-state index contributed by atoms with van der Waals surface area (Å²) in [5.74, 6) is 1.04. The second-order valence-electron chi connectivity index (χ2n) is 7.61. The van der Waals surface area contributed by atoms with Gasteiger partial charge in [-0.2, -0.15) is 0 Å². The van der Waals surface area contributed by atoms with Gasteiger partial charge in [-0.3, -0.25) is 0 Å². The van der Waals surface area contributed by atoms with E-state index in [1.54, 1.807) is 0 Å². The molecule has 0 aromatic rings. The van der Waals surface area contributed by atoms with Gasteiger partial charge in [-0.1, -0.05) is 84.6 Å². The summed E-state index contributed by atoms with van der Waals surface area (Å²) >= 11 is 0. The van der Waals surface area contributed by atoms with E-state index in [2.05, 4.69) is 50.9 Å². The van der Waals surface area contributed by atoms with Crippen LogP contribution < -0.4 is 5.32 Å². The molecule has 0 aromatic carbocycles. The molecule has 0 bridgehead atoms. The summed E-state index contributed by atoms with van der Waals surface area (Å²) < 4.78 is 0. The quantitative estimate of drug-likeness (QED) is 0.509. The van der Waals surface area contributed by atoms with Crippen molar-refractivity contribution < 1.29 is 0 Å². The smallest absolute Gasteiger partial charge is 0.0258 e. The summed E-state index contributed by atoms with van der Waals surface area (Å²) in [4.78, 5) is 0. The minimum Gasteiger partial charge on any atom is -0.386 e. The molecule has 2 aliphatic rings. The minimum atomic E-state index is 0.712. The van der Waals surface area contributed by atoms with Crippen LogP contribution in [0.2, 0.25) is 0 Å². The van der Waals surface area contributed by atoms with Crippen molar-refractivity contribution in [2.45, 2.75) is 118 Å². The summed E-state index contributed by atoms with van der Waals surface area (Å²) in [6.45, 7) is 10.7. The maximum atomic E-state index is 3.64. The van der Waals surface area contributed by atoms with Crippen molar-refractivity contribution in [3.8, 4) is 0 Å². The first-order valence-corrected chi connectivity index (χ1v) is 10.9. The largest absolute Gasteiger partial charge is 0.386 e. The van der Waals surface area contributed by atoms with Gasteiger partial charge in [0.15, 0.2) is 0 Å². The van der Waals surface area contributed by atoms with Crippen LogP contribution in [0.3, 0.4) is 0 Å². The van der Waals surface area contributed by atoms with Crippen molar-refractivity contribution in [1.29, 1.82) is 0 Å². The third-order valence-electron chi connectivity index (χ3n) is 4.84. The fourth-order valence-electron chi connectivity index (χ4n) is 3.36. The first-order valence-electron chi connectivity index (χ1n) is 10.9. The van der Waals surface area contributed by atoms with Crippen molar-refractivity contribution in [2.75, 3.05) is 0 Å². The van der Waals surface area contributed by atoms with Crippen LogP contribution in [0, 0.1) is 5.92 Å². The van der Waals surface area contributed by atoms with Crippen molar-refractivity contribution in [2.24, 2.45) is 5.92 Å². The summed E-state index contributed by atoms with van der Waals surface area (Å²) in [5.41, 5.74) is 4.46. The molecule has 2 aliphatic carbocycles. The van der Waals surface area contributed by atoms with Crippen LogP contribution in [-0.4, -0.2) is 6.04 Å². The third-order valence-corrected chi connectivity index (χ3v) is 4.84. The Morgan fingerprint density at radius 2 is 1.44 bits per heavy atom. The summed E-state index contributed by atoms with van der Waals surface area (Å²) in [6.07, 6.45) is 22.8. The van der Waals surface area contributed by atoms with E-state index in [1.807, 2.05) is 13.0 Å². The molecule has 2 fully saturated rings. The Balaban J connectivity index is 0.000000475. The van der Waals surface area contributed by atoms with Crippen molar-refractivity contribution in [1.82, 2.24) is 5.32 Å². The van der Waals surface area contributed by atoms with Gasteiger partial charge in [0.05, 0.1) is 0 Å². The van der Waals surface area contributed by atoms with Crippen LogP contribution in [-0.2, 0) is 0 Å². The zero-order valence-electron chi connectivity index (χ0n) is 17.9. The van der Waals surface area contributed by atoms with Gasteiger partial charge in [0.25, 0.3) is 0 Å². The lowest BCUT2D eigenvalue weighted by molar-refractivity contribution is 0.385. The summed E-state index contributed by atoms with van der Waals surface area (Å²) in [5, 5.41) is 3.64. The molecule has 25 heavy (non-hydrogen) atoms. The number of allylic oxidation sites excluding steroid dienone is 2. The molecular formula is C24H45N. The molecule has 0 radical (unpaired) electrons. The predicted molar refractivity (Wildman–Crippen MR) is 115 cm³/mol. The van der Waals surface area contributed by atoms with Crippen LogP contribution in [0.4, 0.5) is 0 Å². The number of rotatable bonds is 4. The Morgan fingerprint density at radius 1 is 0.920 bits per heavy atom. The fourth-order valence-corrected chi connectivity index (χ4v) is 3.36. The standard InChI is InChI=1S/C14H23N.C7H14.C3H8/c1-3-5-7-10-13(4-2)15-14-11-8-6-9-12-14;1-7-5-3-2-4-6-7;1-3-2/h3-4,7,14-15H,6,8-12H2,1-2H3;7H,2-6H2,1H3;3H2,1-2H3/b13-4+;;. The molecule has 0 unspecified atom stereocenters.